The molecular formula is C13H18N4O2. The first kappa shape index (κ1) is 12.2. The highest BCUT2D eigenvalue weighted by molar-refractivity contribution is 6.02. The number of hydrogen-bond donors (Lipinski definition) is 3. The third-order valence-corrected chi connectivity index (χ3v) is 4.17. The lowest BCUT2D eigenvalue weighted by Crippen LogP contribution is -2.45. The lowest BCUT2D eigenvalue weighted by molar-refractivity contribution is 0.126. The van der Waals surface area contributed by atoms with Gasteiger partial charge < -0.3 is 20.9 Å². The van der Waals surface area contributed by atoms with Crippen LogP contribution in [0.4, 0.5) is 5.69 Å². The van der Waals surface area contributed by atoms with E-state index in [1.807, 2.05) is 0 Å². The maximum atomic E-state index is 9.85. The van der Waals surface area contributed by atoms with Gasteiger partial charge in [-0.05, 0) is 31.7 Å². The summed E-state index contributed by atoms with van der Waals surface area (Å²) in [6.45, 7) is 0. The third-order valence-electron chi connectivity index (χ3n) is 4.17. The molecule has 0 amide bonds. The summed E-state index contributed by atoms with van der Waals surface area (Å²) in [7, 11) is 0. The number of aliphatic hydroxyl groups is 1. The number of hydrogen-bond acceptors (Lipinski definition) is 5. The van der Waals surface area contributed by atoms with Gasteiger partial charge in [-0.15, -0.1) is 0 Å². The molecule has 2 saturated heterocycles. The van der Waals surface area contributed by atoms with E-state index in [2.05, 4.69) is 15.0 Å². The Morgan fingerprint density at radius 2 is 2.05 bits per heavy atom. The van der Waals surface area contributed by atoms with Crippen LogP contribution in [0.25, 0.3) is 0 Å². The van der Waals surface area contributed by atoms with E-state index in [1.54, 1.807) is 18.5 Å². The molecule has 102 valence electrons. The largest absolute Gasteiger partial charge is 0.409 e. The van der Waals surface area contributed by atoms with Crippen LogP contribution >= 0.6 is 0 Å². The number of amidine groups is 1. The Bertz CT molecular complexity index is 491. The fraction of sp³-hybridized carbons (Fsp3) is 0.538. The van der Waals surface area contributed by atoms with Crippen molar-refractivity contribution in [3.05, 3.63) is 24.0 Å². The van der Waals surface area contributed by atoms with Crippen molar-refractivity contribution in [2.24, 2.45) is 10.9 Å². The Hall–Kier alpha value is -1.82. The zero-order valence-electron chi connectivity index (χ0n) is 10.6. The van der Waals surface area contributed by atoms with Crippen LogP contribution in [0, 0.1) is 0 Å². The molecule has 1 aromatic heterocycles. The van der Waals surface area contributed by atoms with Crippen LogP contribution in [-0.2, 0) is 0 Å². The smallest absolute Gasteiger partial charge is 0.172 e. The van der Waals surface area contributed by atoms with E-state index in [0.29, 0.717) is 17.6 Å². The van der Waals surface area contributed by atoms with Crippen LogP contribution in [0.1, 0.15) is 31.2 Å². The maximum absolute atomic E-state index is 9.85. The molecule has 2 aliphatic rings. The molecular weight excluding hydrogens is 244 g/mol. The number of oxime groups is 1. The van der Waals surface area contributed by atoms with Gasteiger partial charge in [0.1, 0.15) is 0 Å². The Balaban J connectivity index is 1.99. The summed E-state index contributed by atoms with van der Waals surface area (Å²) in [4.78, 5) is 6.44. The monoisotopic (exact) mass is 262 g/mol. The second-order valence-electron chi connectivity index (χ2n) is 5.30. The SMILES string of the molecule is N/C(=N/O)c1ccncc1N1C2CCC1CC(O)C2. The van der Waals surface area contributed by atoms with E-state index in [4.69, 9.17) is 10.9 Å². The standard InChI is InChI=1S/C13H18N4O2/c14-13(16-19)11-3-4-15-7-12(11)17-8-1-2-9(17)6-10(18)5-8/h3-4,7-10,18-19H,1-2,5-6H2,(H2,14,16). The fourth-order valence-corrected chi connectivity index (χ4v) is 3.40. The molecule has 0 saturated carbocycles. The van der Waals surface area contributed by atoms with Crippen molar-refractivity contribution in [3.63, 3.8) is 0 Å². The zero-order chi connectivity index (χ0) is 13.4. The van der Waals surface area contributed by atoms with Crippen LogP contribution < -0.4 is 10.6 Å². The second-order valence-corrected chi connectivity index (χ2v) is 5.30. The fourth-order valence-electron chi connectivity index (χ4n) is 3.40. The number of nitrogens with two attached hydrogens (primary N) is 1. The van der Waals surface area contributed by atoms with Crippen molar-refractivity contribution in [1.29, 1.82) is 0 Å². The molecule has 2 unspecified atom stereocenters. The molecule has 0 aromatic carbocycles. The summed E-state index contributed by atoms with van der Waals surface area (Å²) < 4.78 is 0. The summed E-state index contributed by atoms with van der Waals surface area (Å²) in [6, 6.07) is 2.40. The molecule has 2 bridgehead atoms. The van der Waals surface area contributed by atoms with Crippen molar-refractivity contribution in [2.45, 2.75) is 43.9 Å². The van der Waals surface area contributed by atoms with Gasteiger partial charge in [0.25, 0.3) is 0 Å². The van der Waals surface area contributed by atoms with Crippen molar-refractivity contribution in [1.82, 2.24) is 4.98 Å². The number of aromatic nitrogens is 1. The Labute approximate surface area is 111 Å². The number of pyridine rings is 1. The number of aliphatic hydroxyl groups excluding tert-OH is 1. The summed E-state index contributed by atoms with van der Waals surface area (Å²) in [5, 5.41) is 21.8. The average molecular weight is 262 g/mol. The van der Waals surface area contributed by atoms with Gasteiger partial charge in [0.05, 0.1) is 18.0 Å². The van der Waals surface area contributed by atoms with Crippen molar-refractivity contribution in [2.75, 3.05) is 4.90 Å². The van der Waals surface area contributed by atoms with Gasteiger partial charge in [-0.2, -0.15) is 0 Å². The minimum atomic E-state index is -0.210. The first-order chi connectivity index (χ1) is 9.20. The van der Waals surface area contributed by atoms with Crippen LogP contribution in [0.5, 0.6) is 0 Å². The van der Waals surface area contributed by atoms with E-state index >= 15 is 0 Å². The van der Waals surface area contributed by atoms with Gasteiger partial charge >= 0.3 is 0 Å². The zero-order valence-corrected chi connectivity index (χ0v) is 10.6. The first-order valence-electron chi connectivity index (χ1n) is 6.59. The number of anilines is 1. The van der Waals surface area contributed by atoms with Gasteiger partial charge in [-0.1, -0.05) is 5.16 Å². The highest BCUT2D eigenvalue weighted by Gasteiger charge is 2.41. The van der Waals surface area contributed by atoms with Gasteiger partial charge in [-0.3, -0.25) is 4.98 Å². The molecule has 0 radical (unpaired) electrons. The van der Waals surface area contributed by atoms with Gasteiger partial charge in [0, 0.05) is 23.8 Å². The van der Waals surface area contributed by atoms with Crippen molar-refractivity contribution in [3.8, 4) is 0 Å². The molecule has 0 spiro atoms. The maximum Gasteiger partial charge on any atom is 0.172 e. The Kier molecular flexibility index (Phi) is 3.02. The van der Waals surface area contributed by atoms with Gasteiger partial charge in [0.2, 0.25) is 0 Å². The highest BCUT2D eigenvalue weighted by Crippen LogP contribution is 2.40. The molecule has 4 N–H and O–H groups in total. The molecule has 3 heterocycles. The molecule has 2 atom stereocenters. The molecule has 19 heavy (non-hydrogen) atoms. The summed E-state index contributed by atoms with van der Waals surface area (Å²) in [5.41, 5.74) is 7.34. The molecule has 6 nitrogen and oxygen atoms in total. The highest BCUT2D eigenvalue weighted by atomic mass is 16.4. The predicted octanol–water partition coefficient (Wildman–Crippen LogP) is 0.668. The molecule has 0 aliphatic carbocycles. The van der Waals surface area contributed by atoms with E-state index in [1.165, 1.54) is 0 Å². The lowest BCUT2D eigenvalue weighted by atomic mass is 9.98. The minimum absolute atomic E-state index is 0.0999. The van der Waals surface area contributed by atoms with Crippen LogP contribution in [-0.4, -0.2) is 39.3 Å². The molecule has 2 fully saturated rings. The Morgan fingerprint density at radius 1 is 1.37 bits per heavy atom. The van der Waals surface area contributed by atoms with Crippen molar-refractivity contribution < 1.29 is 10.3 Å². The lowest BCUT2D eigenvalue weighted by Gasteiger charge is -2.39. The van der Waals surface area contributed by atoms with E-state index in [0.717, 1.165) is 31.4 Å². The summed E-state index contributed by atoms with van der Waals surface area (Å²) in [6.07, 6.45) is 6.90. The van der Waals surface area contributed by atoms with Crippen LogP contribution in [0.15, 0.2) is 23.6 Å². The second kappa shape index (κ2) is 4.70. The van der Waals surface area contributed by atoms with E-state index < -0.39 is 0 Å². The topological polar surface area (TPSA) is 95.0 Å². The van der Waals surface area contributed by atoms with Gasteiger partial charge in [0.15, 0.2) is 5.84 Å². The van der Waals surface area contributed by atoms with Crippen molar-refractivity contribution >= 4 is 11.5 Å². The average Bonchev–Trinajstić information content (AvgIpc) is 2.70. The Morgan fingerprint density at radius 3 is 2.68 bits per heavy atom. The number of piperidine rings is 1. The van der Waals surface area contributed by atoms with Gasteiger partial charge in [-0.25, -0.2) is 0 Å². The normalized spacial score (nSPS) is 30.7. The number of rotatable bonds is 2. The van der Waals surface area contributed by atoms with Crippen LogP contribution in [0.3, 0.4) is 0 Å². The molecule has 2 aliphatic heterocycles. The first-order valence-corrected chi connectivity index (χ1v) is 6.59. The predicted molar refractivity (Wildman–Crippen MR) is 71.3 cm³/mol. The minimum Gasteiger partial charge on any atom is -0.409 e. The quantitative estimate of drug-likeness (QED) is 0.315. The van der Waals surface area contributed by atoms with Crippen LogP contribution in [0.2, 0.25) is 0 Å². The number of fused-ring (bicyclic) bond motifs is 2. The summed E-state index contributed by atoms with van der Waals surface area (Å²) >= 11 is 0. The third kappa shape index (κ3) is 2.02. The molecule has 3 rings (SSSR count). The van der Waals surface area contributed by atoms with E-state index in [-0.39, 0.29) is 11.9 Å². The molecule has 6 heteroatoms. The van der Waals surface area contributed by atoms with E-state index in [9.17, 15) is 5.11 Å². The summed E-state index contributed by atoms with van der Waals surface area (Å²) in [5.74, 6) is 0.0999. The molecule has 1 aromatic rings. The number of nitrogens with zero attached hydrogens (tertiary/aromatic N) is 3.